The van der Waals surface area contributed by atoms with Gasteiger partial charge in [-0.1, -0.05) is 6.92 Å². The molecule has 0 bridgehead atoms. The Balaban J connectivity index is 2.51. The van der Waals surface area contributed by atoms with E-state index in [9.17, 15) is 13.2 Å². The van der Waals surface area contributed by atoms with Crippen LogP contribution in [0, 0.1) is 0 Å². The van der Waals surface area contributed by atoms with Crippen LogP contribution in [0.4, 0.5) is 0 Å². The number of pyridine rings is 1. The number of carboxylic acid groups (broad SMARTS) is 1. The molecule has 19 heavy (non-hydrogen) atoms. The molecule has 0 aliphatic heterocycles. The molecule has 0 aromatic carbocycles. The molecule has 6 nitrogen and oxygen atoms in total. The van der Waals surface area contributed by atoms with Gasteiger partial charge in [0.15, 0.2) is 9.84 Å². The lowest BCUT2D eigenvalue weighted by Gasteiger charge is -2.05. The molecular weight excluding hydrogens is 270 g/mol. The molecule has 7 heteroatoms. The molecule has 0 atom stereocenters. The van der Waals surface area contributed by atoms with Crippen molar-refractivity contribution < 1.29 is 23.1 Å². The molecular formula is C12H15NO5S. The fourth-order valence-electron chi connectivity index (χ4n) is 1.16. The fourth-order valence-corrected chi connectivity index (χ4v) is 1.79. The summed E-state index contributed by atoms with van der Waals surface area (Å²) in [5.41, 5.74) is 0.482. The standard InChI is InChI=1S/C12H15NO5S/c1-2-19(16,17)8-7-18-11-5-3-10(13-9-11)4-6-12(14)15/h3-6,9H,2,7-8H2,1H3,(H,14,15). The van der Waals surface area contributed by atoms with Gasteiger partial charge in [0.1, 0.15) is 12.4 Å². The van der Waals surface area contributed by atoms with Crippen LogP contribution in [0.1, 0.15) is 12.6 Å². The van der Waals surface area contributed by atoms with E-state index < -0.39 is 15.8 Å². The molecule has 0 aliphatic rings. The lowest BCUT2D eigenvalue weighted by Crippen LogP contribution is -2.15. The van der Waals surface area contributed by atoms with Gasteiger partial charge in [-0.15, -0.1) is 0 Å². The Hall–Kier alpha value is -1.89. The van der Waals surface area contributed by atoms with Gasteiger partial charge in [0.05, 0.1) is 17.6 Å². The van der Waals surface area contributed by atoms with Crippen LogP contribution in [0.2, 0.25) is 0 Å². The van der Waals surface area contributed by atoms with E-state index in [4.69, 9.17) is 9.84 Å². The van der Waals surface area contributed by atoms with Gasteiger partial charge in [0, 0.05) is 11.8 Å². The van der Waals surface area contributed by atoms with E-state index in [0.29, 0.717) is 11.4 Å². The Morgan fingerprint density at radius 3 is 2.74 bits per heavy atom. The number of aliphatic carboxylic acids is 1. The van der Waals surface area contributed by atoms with E-state index in [0.717, 1.165) is 6.08 Å². The van der Waals surface area contributed by atoms with E-state index in [1.807, 2.05) is 0 Å². The van der Waals surface area contributed by atoms with E-state index in [1.54, 1.807) is 19.1 Å². The summed E-state index contributed by atoms with van der Waals surface area (Å²) in [6, 6.07) is 3.19. The zero-order chi connectivity index (χ0) is 14.3. The molecule has 1 aromatic rings. The quantitative estimate of drug-likeness (QED) is 0.751. The van der Waals surface area contributed by atoms with Crippen molar-refractivity contribution in [3.63, 3.8) is 0 Å². The minimum absolute atomic E-state index is 0.0375. The highest BCUT2D eigenvalue weighted by atomic mass is 32.2. The van der Waals surface area contributed by atoms with Crippen LogP contribution < -0.4 is 4.74 Å². The normalized spacial score (nSPS) is 11.6. The molecule has 1 rings (SSSR count). The Morgan fingerprint density at radius 1 is 1.47 bits per heavy atom. The molecule has 104 valence electrons. The lowest BCUT2D eigenvalue weighted by atomic mass is 10.3. The molecule has 0 aliphatic carbocycles. The zero-order valence-electron chi connectivity index (χ0n) is 10.4. The van der Waals surface area contributed by atoms with Gasteiger partial charge in [-0.05, 0) is 18.2 Å². The molecule has 1 heterocycles. The van der Waals surface area contributed by atoms with Gasteiger partial charge in [-0.25, -0.2) is 13.2 Å². The van der Waals surface area contributed by atoms with Gasteiger partial charge >= 0.3 is 5.97 Å². The number of hydrogen-bond acceptors (Lipinski definition) is 5. The minimum atomic E-state index is -3.04. The van der Waals surface area contributed by atoms with Crippen molar-refractivity contribution in [2.75, 3.05) is 18.1 Å². The van der Waals surface area contributed by atoms with Crippen LogP contribution in [0.15, 0.2) is 24.4 Å². The highest BCUT2D eigenvalue weighted by Gasteiger charge is 2.07. The molecule has 0 saturated heterocycles. The fraction of sp³-hybridized carbons (Fsp3) is 0.333. The molecule has 0 radical (unpaired) electrons. The molecule has 0 fully saturated rings. The minimum Gasteiger partial charge on any atom is -0.491 e. The lowest BCUT2D eigenvalue weighted by molar-refractivity contribution is -0.131. The van der Waals surface area contributed by atoms with Crippen LogP contribution in [0.3, 0.4) is 0 Å². The van der Waals surface area contributed by atoms with Crippen molar-refractivity contribution in [2.45, 2.75) is 6.92 Å². The SMILES string of the molecule is CCS(=O)(=O)CCOc1ccc(C=CC(=O)O)nc1. The number of aromatic nitrogens is 1. The molecule has 0 amide bonds. The first kappa shape index (κ1) is 15.2. The van der Waals surface area contributed by atoms with Gasteiger partial charge in [-0.2, -0.15) is 0 Å². The van der Waals surface area contributed by atoms with Crippen LogP contribution in [-0.2, 0) is 14.6 Å². The number of carboxylic acids is 1. The van der Waals surface area contributed by atoms with E-state index in [2.05, 4.69) is 4.98 Å². The summed E-state index contributed by atoms with van der Waals surface area (Å²) < 4.78 is 27.7. The number of ether oxygens (including phenoxy) is 1. The Kier molecular flexibility index (Phi) is 5.50. The molecule has 0 spiro atoms. The average Bonchev–Trinajstić information content (AvgIpc) is 2.37. The highest BCUT2D eigenvalue weighted by molar-refractivity contribution is 7.91. The summed E-state index contributed by atoms with van der Waals surface area (Å²) in [5, 5.41) is 8.45. The van der Waals surface area contributed by atoms with Crippen molar-refractivity contribution in [1.29, 1.82) is 0 Å². The van der Waals surface area contributed by atoms with E-state index in [-0.39, 0.29) is 18.1 Å². The van der Waals surface area contributed by atoms with Gasteiger partial charge < -0.3 is 9.84 Å². The van der Waals surface area contributed by atoms with E-state index in [1.165, 1.54) is 12.3 Å². The van der Waals surface area contributed by atoms with Gasteiger partial charge in [0.25, 0.3) is 0 Å². The number of rotatable bonds is 7. The Labute approximate surface area is 111 Å². The van der Waals surface area contributed by atoms with Crippen molar-refractivity contribution in [1.82, 2.24) is 4.98 Å². The van der Waals surface area contributed by atoms with Crippen LogP contribution in [0.5, 0.6) is 5.75 Å². The summed E-state index contributed by atoms with van der Waals surface area (Å²) in [6.07, 6.45) is 3.75. The van der Waals surface area contributed by atoms with Crippen LogP contribution >= 0.6 is 0 Å². The third kappa shape index (κ3) is 6.01. The topological polar surface area (TPSA) is 93.6 Å². The second-order valence-corrected chi connectivity index (χ2v) is 6.15. The monoisotopic (exact) mass is 285 g/mol. The van der Waals surface area contributed by atoms with Crippen molar-refractivity contribution >= 4 is 21.9 Å². The predicted octanol–water partition coefficient (Wildman–Crippen LogP) is 0.993. The first-order chi connectivity index (χ1) is 8.93. The third-order valence-corrected chi connectivity index (χ3v) is 3.93. The largest absolute Gasteiger partial charge is 0.491 e. The predicted molar refractivity (Wildman–Crippen MR) is 70.7 cm³/mol. The third-order valence-electron chi connectivity index (χ3n) is 2.26. The number of sulfone groups is 1. The molecule has 0 unspecified atom stereocenters. The van der Waals surface area contributed by atoms with Crippen molar-refractivity contribution in [2.24, 2.45) is 0 Å². The average molecular weight is 285 g/mol. The van der Waals surface area contributed by atoms with Crippen molar-refractivity contribution in [3.05, 3.63) is 30.1 Å². The summed E-state index contributed by atoms with van der Waals surface area (Å²) >= 11 is 0. The maximum atomic E-state index is 11.2. The zero-order valence-corrected chi connectivity index (χ0v) is 11.3. The maximum absolute atomic E-state index is 11.2. The first-order valence-corrected chi connectivity index (χ1v) is 7.45. The second kappa shape index (κ2) is 6.89. The second-order valence-electron chi connectivity index (χ2n) is 3.68. The highest BCUT2D eigenvalue weighted by Crippen LogP contribution is 2.10. The Morgan fingerprint density at radius 2 is 2.21 bits per heavy atom. The van der Waals surface area contributed by atoms with E-state index >= 15 is 0 Å². The summed E-state index contributed by atoms with van der Waals surface area (Å²) in [5.74, 6) is -0.553. The number of hydrogen-bond donors (Lipinski definition) is 1. The smallest absolute Gasteiger partial charge is 0.328 e. The Bertz CT molecular complexity index is 548. The summed E-state index contributed by atoms with van der Waals surface area (Å²) in [6.45, 7) is 1.66. The summed E-state index contributed by atoms with van der Waals surface area (Å²) in [7, 11) is -3.04. The first-order valence-electron chi connectivity index (χ1n) is 5.63. The number of carbonyl (C=O) groups is 1. The molecule has 1 N–H and O–H groups in total. The van der Waals surface area contributed by atoms with Crippen molar-refractivity contribution in [3.8, 4) is 5.75 Å². The van der Waals surface area contributed by atoms with Crippen LogP contribution in [0.25, 0.3) is 6.08 Å². The van der Waals surface area contributed by atoms with Gasteiger partial charge in [-0.3, -0.25) is 4.98 Å². The van der Waals surface area contributed by atoms with Crippen LogP contribution in [-0.4, -0.2) is 42.6 Å². The maximum Gasteiger partial charge on any atom is 0.328 e. The molecule has 0 saturated carbocycles. The molecule has 1 aromatic heterocycles. The van der Waals surface area contributed by atoms with Gasteiger partial charge in [0.2, 0.25) is 0 Å². The summed E-state index contributed by atoms with van der Waals surface area (Å²) in [4.78, 5) is 14.3. The number of nitrogens with zero attached hydrogens (tertiary/aromatic N) is 1.